The highest BCUT2D eigenvalue weighted by Gasteiger charge is 2.08. The molecule has 6 heteroatoms. The van der Waals surface area contributed by atoms with Crippen LogP contribution in [0.3, 0.4) is 0 Å². The molecule has 0 aliphatic rings. The van der Waals surface area contributed by atoms with Gasteiger partial charge in [-0.3, -0.25) is 9.59 Å². The lowest BCUT2D eigenvalue weighted by molar-refractivity contribution is -0.136. The summed E-state index contributed by atoms with van der Waals surface area (Å²) < 4.78 is 10.1. The van der Waals surface area contributed by atoms with E-state index in [-0.39, 0.29) is 18.3 Å². The summed E-state index contributed by atoms with van der Waals surface area (Å²) >= 11 is 0. The van der Waals surface area contributed by atoms with Crippen molar-refractivity contribution in [2.24, 2.45) is 0 Å². The van der Waals surface area contributed by atoms with Gasteiger partial charge in [0.15, 0.2) is 12.4 Å². The molecule has 6 nitrogen and oxygen atoms in total. The zero-order valence-corrected chi connectivity index (χ0v) is 14.5. The number of amides is 1. The normalized spacial score (nSPS) is 10.4. The summed E-state index contributed by atoms with van der Waals surface area (Å²) in [7, 11) is 1.56. The Morgan fingerprint density at radius 2 is 1.81 bits per heavy atom. The highest BCUT2D eigenvalue weighted by molar-refractivity contribution is 5.99. The standard InChI is InChI=1S/C20H19NO5/c1-14(22)21-17-9-7-16(8-10-17)19(23)13-26-20(24)11-6-15-4-3-5-18(12-15)25-2/h3-12H,13H2,1-2H3,(H,21,22)/b11-6+. The van der Waals surface area contributed by atoms with Crippen LogP contribution in [0.5, 0.6) is 5.75 Å². The second kappa shape index (κ2) is 9.17. The minimum absolute atomic E-state index is 0.194. The molecule has 26 heavy (non-hydrogen) atoms. The fourth-order valence-corrected chi connectivity index (χ4v) is 2.12. The Morgan fingerprint density at radius 3 is 2.46 bits per heavy atom. The molecule has 134 valence electrons. The van der Waals surface area contributed by atoms with Gasteiger partial charge in [-0.2, -0.15) is 0 Å². The maximum atomic E-state index is 12.0. The van der Waals surface area contributed by atoms with Crippen LogP contribution in [0.4, 0.5) is 5.69 Å². The molecule has 0 atom stereocenters. The summed E-state index contributed by atoms with van der Waals surface area (Å²) in [5, 5.41) is 2.61. The molecule has 0 heterocycles. The lowest BCUT2D eigenvalue weighted by atomic mass is 10.1. The Kier molecular flexibility index (Phi) is 6.68. The highest BCUT2D eigenvalue weighted by atomic mass is 16.5. The lowest BCUT2D eigenvalue weighted by Gasteiger charge is -2.05. The monoisotopic (exact) mass is 353 g/mol. The number of hydrogen-bond acceptors (Lipinski definition) is 5. The first-order valence-electron chi connectivity index (χ1n) is 7.87. The number of Topliss-reactive ketones (excluding diaryl/α,β-unsaturated/α-hetero) is 1. The van der Waals surface area contributed by atoms with Crippen molar-refractivity contribution in [2.75, 3.05) is 19.0 Å². The van der Waals surface area contributed by atoms with Crippen molar-refractivity contribution in [1.29, 1.82) is 0 Å². The third-order valence-electron chi connectivity index (χ3n) is 3.38. The van der Waals surface area contributed by atoms with Gasteiger partial charge in [-0.05, 0) is 48.0 Å². The Balaban J connectivity index is 1.87. The van der Waals surface area contributed by atoms with E-state index in [1.54, 1.807) is 55.7 Å². The van der Waals surface area contributed by atoms with E-state index in [0.29, 0.717) is 17.0 Å². The van der Waals surface area contributed by atoms with Crippen LogP contribution in [0, 0.1) is 0 Å². The van der Waals surface area contributed by atoms with Crippen LogP contribution < -0.4 is 10.1 Å². The first kappa shape index (κ1) is 18.9. The van der Waals surface area contributed by atoms with E-state index >= 15 is 0 Å². The summed E-state index contributed by atoms with van der Waals surface area (Å²) in [6, 6.07) is 13.5. The van der Waals surface area contributed by atoms with E-state index < -0.39 is 5.97 Å². The molecule has 2 aromatic rings. The topological polar surface area (TPSA) is 81.7 Å². The van der Waals surface area contributed by atoms with Gasteiger partial charge in [0, 0.05) is 24.3 Å². The minimum atomic E-state index is -0.615. The number of methoxy groups -OCH3 is 1. The van der Waals surface area contributed by atoms with Gasteiger partial charge in [-0.25, -0.2) is 4.79 Å². The van der Waals surface area contributed by atoms with Gasteiger partial charge in [0.25, 0.3) is 0 Å². The molecule has 0 saturated heterocycles. The Morgan fingerprint density at radius 1 is 1.08 bits per heavy atom. The number of benzene rings is 2. The fraction of sp³-hybridized carbons (Fsp3) is 0.150. The molecular formula is C20H19NO5. The summed E-state index contributed by atoms with van der Waals surface area (Å²) in [4.78, 5) is 34.7. The van der Waals surface area contributed by atoms with E-state index in [2.05, 4.69) is 5.32 Å². The van der Waals surface area contributed by atoms with Crippen LogP contribution in [-0.4, -0.2) is 31.4 Å². The molecule has 2 rings (SSSR count). The third kappa shape index (κ3) is 5.90. The second-order valence-corrected chi connectivity index (χ2v) is 5.40. The Hall–Kier alpha value is -3.41. The summed E-state index contributed by atoms with van der Waals surface area (Å²) in [6.45, 7) is 1.04. The van der Waals surface area contributed by atoms with Crippen molar-refractivity contribution in [3.05, 3.63) is 65.7 Å². The molecule has 1 amide bonds. The number of anilines is 1. The number of rotatable bonds is 7. The van der Waals surface area contributed by atoms with Gasteiger partial charge in [0.1, 0.15) is 5.75 Å². The SMILES string of the molecule is COc1cccc(/C=C/C(=O)OCC(=O)c2ccc(NC(C)=O)cc2)c1. The van der Waals surface area contributed by atoms with Crippen LogP contribution in [0.25, 0.3) is 6.08 Å². The molecule has 1 N–H and O–H groups in total. The number of ketones is 1. The highest BCUT2D eigenvalue weighted by Crippen LogP contribution is 2.14. The van der Waals surface area contributed by atoms with Gasteiger partial charge < -0.3 is 14.8 Å². The number of carbonyl (C=O) groups excluding carboxylic acids is 3. The molecule has 0 spiro atoms. The van der Waals surface area contributed by atoms with Crippen LogP contribution >= 0.6 is 0 Å². The zero-order valence-electron chi connectivity index (χ0n) is 14.5. The number of ether oxygens (including phenoxy) is 2. The lowest BCUT2D eigenvalue weighted by Crippen LogP contribution is -2.13. The van der Waals surface area contributed by atoms with E-state index in [0.717, 1.165) is 5.56 Å². The van der Waals surface area contributed by atoms with E-state index in [1.807, 2.05) is 6.07 Å². The molecule has 0 radical (unpaired) electrons. The van der Waals surface area contributed by atoms with Crippen LogP contribution in [0.1, 0.15) is 22.8 Å². The number of nitrogens with one attached hydrogen (secondary N) is 1. The van der Waals surface area contributed by atoms with Crippen LogP contribution in [0.2, 0.25) is 0 Å². The van der Waals surface area contributed by atoms with Gasteiger partial charge in [-0.1, -0.05) is 12.1 Å². The van der Waals surface area contributed by atoms with Crippen molar-refractivity contribution >= 4 is 29.4 Å². The average Bonchev–Trinajstić information content (AvgIpc) is 2.64. The minimum Gasteiger partial charge on any atom is -0.497 e. The molecule has 2 aromatic carbocycles. The molecule has 0 fully saturated rings. The van der Waals surface area contributed by atoms with Crippen LogP contribution in [0.15, 0.2) is 54.6 Å². The first-order valence-corrected chi connectivity index (χ1v) is 7.87. The molecule has 0 aliphatic heterocycles. The molecule has 0 aromatic heterocycles. The van der Waals surface area contributed by atoms with Crippen molar-refractivity contribution in [2.45, 2.75) is 6.92 Å². The van der Waals surface area contributed by atoms with Crippen molar-refractivity contribution < 1.29 is 23.9 Å². The van der Waals surface area contributed by atoms with Crippen LogP contribution in [-0.2, 0) is 14.3 Å². The van der Waals surface area contributed by atoms with E-state index in [4.69, 9.17) is 9.47 Å². The summed E-state index contributed by atoms with van der Waals surface area (Å²) in [5.41, 5.74) is 1.76. The maximum Gasteiger partial charge on any atom is 0.331 e. The Labute approximate surface area is 151 Å². The number of hydrogen-bond donors (Lipinski definition) is 1. The predicted octanol–water partition coefficient (Wildman–Crippen LogP) is 3.09. The first-order chi connectivity index (χ1) is 12.5. The Bertz CT molecular complexity index is 824. The summed E-state index contributed by atoms with van der Waals surface area (Å²) in [6.07, 6.45) is 2.83. The fourth-order valence-electron chi connectivity index (χ4n) is 2.12. The molecule has 0 saturated carbocycles. The third-order valence-corrected chi connectivity index (χ3v) is 3.38. The molecule has 0 unspecified atom stereocenters. The zero-order chi connectivity index (χ0) is 18.9. The quantitative estimate of drug-likeness (QED) is 0.470. The predicted molar refractivity (Wildman–Crippen MR) is 98.1 cm³/mol. The van der Waals surface area contributed by atoms with Crippen molar-refractivity contribution in [1.82, 2.24) is 0 Å². The van der Waals surface area contributed by atoms with E-state index in [1.165, 1.54) is 13.0 Å². The van der Waals surface area contributed by atoms with Gasteiger partial charge in [-0.15, -0.1) is 0 Å². The van der Waals surface area contributed by atoms with E-state index in [9.17, 15) is 14.4 Å². The van der Waals surface area contributed by atoms with Gasteiger partial charge >= 0.3 is 5.97 Å². The van der Waals surface area contributed by atoms with Gasteiger partial charge in [0.05, 0.1) is 7.11 Å². The average molecular weight is 353 g/mol. The second-order valence-electron chi connectivity index (χ2n) is 5.40. The van der Waals surface area contributed by atoms with Crippen molar-refractivity contribution in [3.8, 4) is 5.75 Å². The molecular weight excluding hydrogens is 334 g/mol. The number of esters is 1. The molecule has 0 aliphatic carbocycles. The summed E-state index contributed by atoms with van der Waals surface area (Å²) in [5.74, 6) is -0.460. The maximum absolute atomic E-state index is 12.0. The smallest absolute Gasteiger partial charge is 0.331 e. The van der Waals surface area contributed by atoms with Crippen molar-refractivity contribution in [3.63, 3.8) is 0 Å². The largest absolute Gasteiger partial charge is 0.497 e. The molecule has 0 bridgehead atoms. The number of carbonyl (C=O) groups is 3. The van der Waals surface area contributed by atoms with Gasteiger partial charge in [0.2, 0.25) is 5.91 Å².